The van der Waals surface area contributed by atoms with Crippen LogP contribution in [0.4, 0.5) is 13.2 Å². The first-order chi connectivity index (χ1) is 6.57. The topological polar surface area (TPSA) is 49.8 Å². The predicted octanol–water partition coefficient (Wildman–Crippen LogP) is 2.44. The third kappa shape index (κ3) is 2.85. The van der Waals surface area contributed by atoms with E-state index in [2.05, 4.69) is 0 Å². The molecule has 0 radical (unpaired) electrons. The van der Waals surface area contributed by atoms with Crippen molar-refractivity contribution in [1.82, 2.24) is 0 Å². The SMILES string of the molecule is Cl.N#CC[C@H](N)c1ccc(F)c(F)c1F. The fourth-order valence-corrected chi connectivity index (χ4v) is 1.04. The Morgan fingerprint density at radius 1 is 1.27 bits per heavy atom. The van der Waals surface area contributed by atoms with Crippen molar-refractivity contribution < 1.29 is 13.2 Å². The monoisotopic (exact) mass is 236 g/mol. The van der Waals surface area contributed by atoms with Gasteiger partial charge in [0, 0.05) is 11.6 Å². The van der Waals surface area contributed by atoms with Gasteiger partial charge in [0.15, 0.2) is 17.5 Å². The van der Waals surface area contributed by atoms with E-state index in [1.807, 2.05) is 0 Å². The smallest absolute Gasteiger partial charge is 0.194 e. The van der Waals surface area contributed by atoms with Gasteiger partial charge in [-0.25, -0.2) is 13.2 Å². The molecule has 0 aliphatic heterocycles. The van der Waals surface area contributed by atoms with Gasteiger partial charge in [-0.05, 0) is 6.07 Å². The molecule has 0 aliphatic carbocycles. The molecule has 0 amide bonds. The summed E-state index contributed by atoms with van der Waals surface area (Å²) in [6.45, 7) is 0. The first kappa shape index (κ1) is 13.8. The lowest BCUT2D eigenvalue weighted by Crippen LogP contribution is -2.12. The molecule has 0 spiro atoms. The molecule has 82 valence electrons. The number of hydrogen-bond acceptors (Lipinski definition) is 2. The fourth-order valence-electron chi connectivity index (χ4n) is 1.04. The largest absolute Gasteiger partial charge is 0.323 e. The molecule has 0 aromatic heterocycles. The maximum absolute atomic E-state index is 13.0. The summed E-state index contributed by atoms with van der Waals surface area (Å²) in [5.74, 6) is -4.15. The molecular formula is C9H8ClF3N2. The normalized spacial score (nSPS) is 11.4. The van der Waals surface area contributed by atoms with Crippen molar-refractivity contribution in [2.45, 2.75) is 12.5 Å². The van der Waals surface area contributed by atoms with E-state index < -0.39 is 23.5 Å². The molecule has 0 fully saturated rings. The van der Waals surface area contributed by atoms with Gasteiger partial charge in [-0.3, -0.25) is 0 Å². The summed E-state index contributed by atoms with van der Waals surface area (Å²) in [4.78, 5) is 0. The average Bonchev–Trinajstić information content (AvgIpc) is 2.15. The van der Waals surface area contributed by atoms with E-state index in [9.17, 15) is 13.2 Å². The Bertz CT molecular complexity index is 390. The number of nitrogens with two attached hydrogens (primary N) is 1. The first-order valence-corrected chi connectivity index (χ1v) is 3.84. The van der Waals surface area contributed by atoms with Crippen LogP contribution in [0.15, 0.2) is 12.1 Å². The van der Waals surface area contributed by atoms with E-state index in [0.717, 1.165) is 12.1 Å². The van der Waals surface area contributed by atoms with Crippen molar-refractivity contribution in [2.24, 2.45) is 5.73 Å². The van der Waals surface area contributed by atoms with Crippen LogP contribution in [-0.2, 0) is 0 Å². The quantitative estimate of drug-likeness (QED) is 0.802. The molecule has 0 saturated heterocycles. The molecule has 0 aliphatic rings. The molecule has 0 heterocycles. The Balaban J connectivity index is 0.00000196. The van der Waals surface area contributed by atoms with Crippen molar-refractivity contribution in [2.75, 3.05) is 0 Å². The molecule has 0 bridgehead atoms. The summed E-state index contributed by atoms with van der Waals surface area (Å²) in [6, 6.07) is 2.60. The Labute approximate surface area is 90.9 Å². The zero-order chi connectivity index (χ0) is 10.7. The van der Waals surface area contributed by atoms with Crippen molar-refractivity contribution in [1.29, 1.82) is 5.26 Å². The molecule has 6 heteroatoms. The summed E-state index contributed by atoms with van der Waals surface area (Å²) in [7, 11) is 0. The lowest BCUT2D eigenvalue weighted by molar-refractivity contribution is 0.436. The van der Waals surface area contributed by atoms with E-state index in [4.69, 9.17) is 11.0 Å². The van der Waals surface area contributed by atoms with Crippen LogP contribution in [0, 0.1) is 28.8 Å². The summed E-state index contributed by atoms with van der Waals surface area (Å²) < 4.78 is 38.2. The van der Waals surface area contributed by atoms with Gasteiger partial charge in [0.1, 0.15) is 0 Å². The van der Waals surface area contributed by atoms with Crippen molar-refractivity contribution in [3.8, 4) is 6.07 Å². The van der Waals surface area contributed by atoms with Crippen LogP contribution in [0.1, 0.15) is 18.0 Å². The number of nitrogens with zero attached hydrogens (tertiary/aromatic N) is 1. The van der Waals surface area contributed by atoms with Crippen LogP contribution in [0.2, 0.25) is 0 Å². The second kappa shape index (κ2) is 5.59. The molecule has 1 rings (SSSR count). The number of benzene rings is 1. The zero-order valence-corrected chi connectivity index (χ0v) is 8.32. The molecule has 1 aromatic rings. The Kier molecular flexibility index (Phi) is 5.12. The van der Waals surface area contributed by atoms with Crippen LogP contribution in [0.25, 0.3) is 0 Å². The first-order valence-electron chi connectivity index (χ1n) is 3.84. The highest BCUT2D eigenvalue weighted by molar-refractivity contribution is 5.85. The van der Waals surface area contributed by atoms with Crippen molar-refractivity contribution in [3.63, 3.8) is 0 Å². The fraction of sp³-hybridized carbons (Fsp3) is 0.222. The predicted molar refractivity (Wildman–Crippen MR) is 50.7 cm³/mol. The van der Waals surface area contributed by atoms with Gasteiger partial charge in [0.05, 0.1) is 12.5 Å². The van der Waals surface area contributed by atoms with Crippen LogP contribution in [0.3, 0.4) is 0 Å². The van der Waals surface area contributed by atoms with Crippen LogP contribution in [-0.4, -0.2) is 0 Å². The van der Waals surface area contributed by atoms with Crippen molar-refractivity contribution in [3.05, 3.63) is 35.1 Å². The Morgan fingerprint density at radius 3 is 2.40 bits per heavy atom. The maximum Gasteiger partial charge on any atom is 0.194 e. The maximum atomic E-state index is 13.0. The lowest BCUT2D eigenvalue weighted by Gasteiger charge is -2.09. The van der Waals surface area contributed by atoms with E-state index >= 15 is 0 Å². The molecule has 15 heavy (non-hydrogen) atoms. The van der Waals surface area contributed by atoms with Gasteiger partial charge >= 0.3 is 0 Å². The Hall–Kier alpha value is -1.25. The van der Waals surface area contributed by atoms with Crippen molar-refractivity contribution >= 4 is 12.4 Å². The van der Waals surface area contributed by atoms with Gasteiger partial charge in [-0.1, -0.05) is 6.07 Å². The van der Waals surface area contributed by atoms with Crippen LogP contribution in [0.5, 0.6) is 0 Å². The minimum absolute atomic E-state index is 0. The number of hydrogen-bond donors (Lipinski definition) is 1. The summed E-state index contributed by atoms with van der Waals surface area (Å²) in [5.41, 5.74) is 5.18. The average molecular weight is 237 g/mol. The second-order valence-corrected chi connectivity index (χ2v) is 2.73. The standard InChI is InChI=1S/C9H7F3N2.ClH/c10-6-2-1-5(7(14)3-4-13)8(11)9(6)12;/h1-2,7H,3,14H2;1H/t7-;/m0./s1. The third-order valence-corrected chi connectivity index (χ3v) is 1.78. The molecule has 0 saturated carbocycles. The third-order valence-electron chi connectivity index (χ3n) is 1.78. The number of halogens is 4. The van der Waals surface area contributed by atoms with E-state index in [-0.39, 0.29) is 24.4 Å². The minimum atomic E-state index is -1.56. The van der Waals surface area contributed by atoms with Crippen LogP contribution < -0.4 is 5.73 Å². The summed E-state index contributed by atoms with van der Waals surface area (Å²) in [5, 5.41) is 8.29. The molecule has 2 N–H and O–H groups in total. The minimum Gasteiger partial charge on any atom is -0.323 e. The lowest BCUT2D eigenvalue weighted by atomic mass is 10.0. The highest BCUT2D eigenvalue weighted by atomic mass is 35.5. The molecule has 1 atom stereocenters. The molecule has 1 aromatic carbocycles. The summed E-state index contributed by atoms with van der Waals surface area (Å²) >= 11 is 0. The summed E-state index contributed by atoms with van der Waals surface area (Å²) in [6.07, 6.45) is -0.151. The highest BCUT2D eigenvalue weighted by Gasteiger charge is 2.17. The zero-order valence-electron chi connectivity index (χ0n) is 7.51. The van der Waals surface area contributed by atoms with Gasteiger partial charge in [-0.2, -0.15) is 5.26 Å². The van der Waals surface area contributed by atoms with E-state index in [0.29, 0.717) is 0 Å². The van der Waals surface area contributed by atoms with E-state index in [1.165, 1.54) is 0 Å². The highest BCUT2D eigenvalue weighted by Crippen LogP contribution is 2.21. The number of nitriles is 1. The number of rotatable bonds is 2. The van der Waals surface area contributed by atoms with Gasteiger partial charge in [-0.15, -0.1) is 12.4 Å². The van der Waals surface area contributed by atoms with E-state index in [1.54, 1.807) is 6.07 Å². The molecule has 2 nitrogen and oxygen atoms in total. The second-order valence-electron chi connectivity index (χ2n) is 2.73. The van der Waals surface area contributed by atoms with Crippen LogP contribution >= 0.6 is 12.4 Å². The van der Waals surface area contributed by atoms with Gasteiger partial charge in [0.2, 0.25) is 0 Å². The van der Waals surface area contributed by atoms with Gasteiger partial charge < -0.3 is 5.73 Å². The molecular weight excluding hydrogens is 229 g/mol. The van der Waals surface area contributed by atoms with Gasteiger partial charge in [0.25, 0.3) is 0 Å². The Morgan fingerprint density at radius 2 is 1.87 bits per heavy atom. The molecule has 0 unspecified atom stereocenters.